The molecule has 41 heavy (non-hydrogen) atoms. The van der Waals surface area contributed by atoms with Gasteiger partial charge in [0.15, 0.2) is 17.6 Å². The molecule has 4 atom stereocenters. The van der Waals surface area contributed by atoms with Gasteiger partial charge in [-0.25, -0.2) is 0 Å². The van der Waals surface area contributed by atoms with Crippen LogP contribution in [0.1, 0.15) is 81.3 Å². The van der Waals surface area contributed by atoms with Gasteiger partial charge in [-0.1, -0.05) is 31.9 Å². The Morgan fingerprint density at radius 3 is 2.41 bits per heavy atom. The number of ether oxygens (including phenoxy) is 1. The molecule has 3 aliphatic carbocycles. The van der Waals surface area contributed by atoms with Crippen LogP contribution in [0.3, 0.4) is 0 Å². The van der Waals surface area contributed by atoms with Crippen molar-refractivity contribution in [1.29, 1.82) is 0 Å². The van der Waals surface area contributed by atoms with Crippen LogP contribution in [0, 0.1) is 11.8 Å². The number of aromatic nitrogens is 2. The summed E-state index contributed by atoms with van der Waals surface area (Å²) < 4.78 is 14.5. The van der Waals surface area contributed by atoms with E-state index in [1.165, 1.54) is 22.9 Å². The minimum absolute atomic E-state index is 0.137. The summed E-state index contributed by atoms with van der Waals surface area (Å²) in [6.45, 7) is 7.47. The number of benzene rings is 1. The molecule has 3 aromatic rings. The van der Waals surface area contributed by atoms with Crippen LogP contribution < -0.4 is 4.90 Å². The predicted octanol–water partition coefficient (Wildman–Crippen LogP) is 5.93. The van der Waals surface area contributed by atoms with Crippen molar-refractivity contribution in [2.45, 2.75) is 76.7 Å². The number of fused-ring (bicyclic) bond motifs is 6. The summed E-state index contributed by atoms with van der Waals surface area (Å²) >= 11 is 1.56. The highest BCUT2D eigenvalue weighted by Gasteiger charge is 2.45. The Bertz CT molecular complexity index is 1390. The molecule has 2 aromatic heterocycles. The van der Waals surface area contributed by atoms with E-state index in [0.717, 1.165) is 86.3 Å². The summed E-state index contributed by atoms with van der Waals surface area (Å²) in [4.78, 5) is 14.7. The molecule has 1 saturated heterocycles. The lowest BCUT2D eigenvalue weighted by Gasteiger charge is -2.47. The molecule has 8 nitrogen and oxygen atoms in total. The van der Waals surface area contributed by atoms with Crippen LogP contribution in [0.4, 0.5) is 5.82 Å². The van der Waals surface area contributed by atoms with Gasteiger partial charge in [0.25, 0.3) is 0 Å². The first-order valence-electron chi connectivity index (χ1n) is 15.7. The van der Waals surface area contributed by atoms with Crippen molar-refractivity contribution in [3.05, 3.63) is 35.4 Å². The van der Waals surface area contributed by atoms with Crippen LogP contribution >= 0.6 is 11.5 Å². The number of anilines is 1. The molecule has 0 radical (unpaired) electrons. The first kappa shape index (κ1) is 27.1. The van der Waals surface area contributed by atoms with Gasteiger partial charge in [-0.05, 0) is 73.5 Å². The second-order valence-corrected chi connectivity index (χ2v) is 13.9. The van der Waals surface area contributed by atoms with E-state index >= 15 is 0 Å². The molecule has 0 spiro atoms. The van der Waals surface area contributed by atoms with Crippen molar-refractivity contribution < 1.29 is 24.2 Å². The molecule has 1 aromatic carbocycles. The molecule has 2 N–H and O–H groups in total. The third-order valence-electron chi connectivity index (χ3n) is 10.8. The fourth-order valence-corrected chi connectivity index (χ4v) is 9.29. The Hall–Kier alpha value is -2.78. The van der Waals surface area contributed by atoms with E-state index in [2.05, 4.69) is 29.2 Å². The molecule has 0 amide bonds. The minimum Gasteiger partial charge on any atom is -0.494 e. The van der Waals surface area contributed by atoms with Crippen molar-refractivity contribution in [3.8, 4) is 11.8 Å². The zero-order valence-corrected chi connectivity index (χ0v) is 24.9. The second kappa shape index (κ2) is 10.8. The topological polar surface area (TPSA) is 87.8 Å². The zero-order chi connectivity index (χ0) is 28.1. The summed E-state index contributed by atoms with van der Waals surface area (Å²) in [7, 11) is 0. The summed E-state index contributed by atoms with van der Waals surface area (Å²) in [6.07, 6.45) is 8.37. The highest BCUT2D eigenvalue weighted by atomic mass is 32.1. The monoisotopic (exact) mass is 579 g/mol. The van der Waals surface area contributed by atoms with Crippen LogP contribution in [-0.4, -0.2) is 69.1 Å². The van der Waals surface area contributed by atoms with Gasteiger partial charge < -0.3 is 19.8 Å². The fraction of sp³-hybridized carbons (Fsp3) is 0.625. The molecule has 2 saturated carbocycles. The number of quaternary nitrogens is 1. The lowest BCUT2D eigenvalue weighted by molar-refractivity contribution is -0.947. The Labute approximate surface area is 246 Å². The lowest BCUT2D eigenvalue weighted by Crippen LogP contribution is -2.63. The first-order chi connectivity index (χ1) is 20.0. The molecule has 3 heterocycles. The summed E-state index contributed by atoms with van der Waals surface area (Å²) in [6, 6.07) is 8.44. The van der Waals surface area contributed by atoms with Gasteiger partial charge in [-0.3, -0.25) is 13.8 Å². The lowest BCUT2D eigenvalue weighted by atomic mass is 9.78. The van der Waals surface area contributed by atoms with Crippen molar-refractivity contribution >= 4 is 33.4 Å². The van der Waals surface area contributed by atoms with Crippen molar-refractivity contribution in [2.75, 3.05) is 44.4 Å². The number of carbonyl (C=O) groups excluding carboxylic acids is 1. The van der Waals surface area contributed by atoms with Crippen LogP contribution in [0.15, 0.2) is 24.3 Å². The van der Waals surface area contributed by atoms with Gasteiger partial charge >= 0.3 is 5.97 Å². The van der Waals surface area contributed by atoms with E-state index in [1.54, 1.807) is 11.5 Å². The number of carbonyl (C=O) groups is 1. The van der Waals surface area contributed by atoms with Crippen LogP contribution in [0.5, 0.6) is 11.8 Å². The zero-order valence-electron chi connectivity index (χ0n) is 24.1. The van der Waals surface area contributed by atoms with Crippen molar-refractivity contribution in [3.63, 3.8) is 0 Å². The van der Waals surface area contributed by atoms with Crippen molar-refractivity contribution in [2.24, 2.45) is 11.8 Å². The number of piperazine rings is 1. The standard InChI is InChI=1S/C32H42N4O4S/c1-2-27(37)40-20-36(15-13-34(14-16-36)30-25-9-5-6-10-26(25)41-33-30)19-24-8-4-3-7-23(24)18-35-31(38)28-21-11-12-22(17-21)29(28)32(35)39/h5-6,9-10,21-24H,2-4,7-8,11-20H2,1H3,(H-,38,39)/p+1. The van der Waals surface area contributed by atoms with Gasteiger partial charge in [0.05, 0.1) is 37.4 Å². The van der Waals surface area contributed by atoms with Crippen LogP contribution in [-0.2, 0) is 16.1 Å². The molecule has 9 heteroatoms. The summed E-state index contributed by atoms with van der Waals surface area (Å²) in [5.74, 6) is 3.23. The van der Waals surface area contributed by atoms with Gasteiger partial charge in [-0.15, -0.1) is 0 Å². The highest BCUT2D eigenvalue weighted by molar-refractivity contribution is 7.13. The van der Waals surface area contributed by atoms with Crippen molar-refractivity contribution in [1.82, 2.24) is 8.94 Å². The summed E-state index contributed by atoms with van der Waals surface area (Å²) in [5.41, 5.74) is 2.07. The van der Waals surface area contributed by atoms with E-state index in [4.69, 9.17) is 9.11 Å². The van der Waals surface area contributed by atoms with Crippen LogP contribution in [0.2, 0.25) is 0 Å². The number of nitrogens with zero attached hydrogens (tertiary/aromatic N) is 4. The maximum absolute atomic E-state index is 12.3. The molecule has 7 rings (SSSR count). The van der Waals surface area contributed by atoms with Gasteiger partial charge in [0.1, 0.15) is 0 Å². The molecule has 2 bridgehead atoms. The predicted molar refractivity (Wildman–Crippen MR) is 160 cm³/mol. The molecule has 3 fully saturated rings. The van der Waals surface area contributed by atoms with E-state index in [-0.39, 0.29) is 5.97 Å². The van der Waals surface area contributed by atoms with E-state index in [9.17, 15) is 15.0 Å². The average molecular weight is 580 g/mol. The van der Waals surface area contributed by atoms with E-state index < -0.39 is 0 Å². The SMILES string of the molecule is CCC(=O)OC[N+]1(CC2CCCCC2Cn2c(O)c3c(c2O)C2CCC3C2)CCN(c2nsc3ccccc23)CC1. The maximum atomic E-state index is 12.3. The Balaban J connectivity index is 1.10. The molecular formula is C32H43N4O4S+. The average Bonchev–Trinajstić information content (AvgIpc) is 3.78. The molecule has 4 aliphatic rings. The fourth-order valence-electron chi connectivity index (χ4n) is 8.49. The second-order valence-electron chi connectivity index (χ2n) is 13.1. The van der Waals surface area contributed by atoms with Gasteiger partial charge in [-0.2, -0.15) is 4.37 Å². The molecule has 220 valence electrons. The molecular weight excluding hydrogens is 536 g/mol. The smallest absolute Gasteiger partial charge is 0.309 e. The number of rotatable bonds is 8. The quantitative estimate of drug-likeness (QED) is 0.254. The third kappa shape index (κ3) is 4.79. The minimum atomic E-state index is -0.137. The van der Waals surface area contributed by atoms with Crippen LogP contribution in [0.25, 0.3) is 10.1 Å². The normalized spacial score (nSPS) is 26.9. The Kier molecular flexibility index (Phi) is 7.14. The Morgan fingerprint density at radius 2 is 1.71 bits per heavy atom. The summed E-state index contributed by atoms with van der Waals surface area (Å²) in [5, 5.41) is 23.7. The number of hydrogen-bond acceptors (Lipinski definition) is 7. The third-order valence-corrected chi connectivity index (χ3v) is 11.6. The number of esters is 1. The number of aromatic hydroxyl groups is 2. The van der Waals surface area contributed by atoms with E-state index in [0.29, 0.717) is 55.1 Å². The van der Waals surface area contributed by atoms with Gasteiger partial charge in [0, 0.05) is 35.4 Å². The highest BCUT2D eigenvalue weighted by Crippen LogP contribution is 2.60. The largest absolute Gasteiger partial charge is 0.494 e. The van der Waals surface area contributed by atoms with E-state index in [1.807, 2.05) is 11.5 Å². The molecule has 1 aliphatic heterocycles. The van der Waals surface area contributed by atoms with Gasteiger partial charge in [0.2, 0.25) is 6.73 Å². The number of hydrogen-bond donors (Lipinski definition) is 2. The Morgan fingerprint density at radius 1 is 1.02 bits per heavy atom. The molecule has 4 unspecified atom stereocenters. The first-order valence-corrected chi connectivity index (χ1v) is 16.5. The maximum Gasteiger partial charge on any atom is 0.309 e.